The molecule has 0 bridgehead atoms. The standard InChI is InChI=1S/C19H22N4O3/c1-2-20-18(25)14-7-6-12-22(13-14)19(26)16-10-11-17(24)23(21-16)15-8-4-3-5-9-15/h3-5,8-11,14H,2,6-7,12-13H2,1H3,(H,20,25). The van der Waals surface area contributed by atoms with Crippen molar-refractivity contribution in [3.05, 3.63) is 58.5 Å². The number of nitrogens with one attached hydrogen (secondary N) is 1. The average Bonchev–Trinajstić information content (AvgIpc) is 2.69. The molecule has 1 saturated heterocycles. The van der Waals surface area contributed by atoms with Gasteiger partial charge in [-0.2, -0.15) is 9.78 Å². The molecule has 2 aromatic rings. The van der Waals surface area contributed by atoms with E-state index in [2.05, 4.69) is 10.4 Å². The number of nitrogens with zero attached hydrogens (tertiary/aromatic N) is 3. The third-order valence-corrected chi connectivity index (χ3v) is 4.45. The molecule has 136 valence electrons. The molecule has 0 aliphatic carbocycles. The maximum atomic E-state index is 12.8. The Balaban J connectivity index is 1.82. The molecule has 1 N–H and O–H groups in total. The summed E-state index contributed by atoms with van der Waals surface area (Å²) in [6, 6.07) is 11.8. The fraction of sp³-hybridized carbons (Fsp3) is 0.368. The van der Waals surface area contributed by atoms with Gasteiger partial charge in [-0.25, -0.2) is 0 Å². The van der Waals surface area contributed by atoms with Gasteiger partial charge in [-0.1, -0.05) is 18.2 Å². The highest BCUT2D eigenvalue weighted by molar-refractivity contribution is 5.92. The largest absolute Gasteiger partial charge is 0.356 e. The van der Waals surface area contributed by atoms with Gasteiger partial charge in [0.05, 0.1) is 11.6 Å². The second-order valence-corrected chi connectivity index (χ2v) is 6.29. The van der Waals surface area contributed by atoms with Gasteiger partial charge in [-0.05, 0) is 38.0 Å². The SMILES string of the molecule is CCNC(=O)C1CCCN(C(=O)c2ccc(=O)n(-c3ccccc3)n2)C1. The van der Waals surface area contributed by atoms with Crippen molar-refractivity contribution in [2.75, 3.05) is 19.6 Å². The second-order valence-electron chi connectivity index (χ2n) is 6.29. The van der Waals surface area contributed by atoms with Gasteiger partial charge in [0.2, 0.25) is 5.91 Å². The van der Waals surface area contributed by atoms with Crippen molar-refractivity contribution in [3.63, 3.8) is 0 Å². The maximum absolute atomic E-state index is 12.8. The van der Waals surface area contributed by atoms with Gasteiger partial charge in [-0.15, -0.1) is 0 Å². The van der Waals surface area contributed by atoms with Crippen LogP contribution >= 0.6 is 0 Å². The van der Waals surface area contributed by atoms with Crippen LogP contribution in [0.25, 0.3) is 5.69 Å². The minimum atomic E-state index is -0.299. The van der Waals surface area contributed by atoms with Crippen LogP contribution in [-0.2, 0) is 4.79 Å². The summed E-state index contributed by atoms with van der Waals surface area (Å²) in [5.74, 6) is -0.483. The molecular formula is C19H22N4O3. The first kappa shape index (κ1) is 17.8. The molecule has 1 atom stereocenters. The summed E-state index contributed by atoms with van der Waals surface area (Å²) < 4.78 is 1.22. The van der Waals surface area contributed by atoms with Crippen molar-refractivity contribution >= 4 is 11.8 Å². The Labute approximate surface area is 151 Å². The zero-order chi connectivity index (χ0) is 18.5. The monoisotopic (exact) mass is 354 g/mol. The van der Waals surface area contributed by atoms with Crippen LogP contribution < -0.4 is 10.9 Å². The predicted octanol–water partition coefficient (Wildman–Crippen LogP) is 1.22. The second kappa shape index (κ2) is 7.95. The van der Waals surface area contributed by atoms with Crippen LogP contribution in [0.1, 0.15) is 30.3 Å². The fourth-order valence-corrected chi connectivity index (χ4v) is 3.14. The normalized spacial score (nSPS) is 17.0. The molecule has 0 saturated carbocycles. The Morgan fingerprint density at radius 1 is 1.19 bits per heavy atom. The van der Waals surface area contributed by atoms with E-state index in [-0.39, 0.29) is 29.0 Å². The average molecular weight is 354 g/mol. The molecule has 26 heavy (non-hydrogen) atoms. The lowest BCUT2D eigenvalue weighted by Gasteiger charge is -2.31. The Bertz CT molecular complexity index is 847. The van der Waals surface area contributed by atoms with Crippen LogP contribution in [0, 0.1) is 5.92 Å². The fourth-order valence-electron chi connectivity index (χ4n) is 3.14. The van der Waals surface area contributed by atoms with Crippen molar-refractivity contribution in [1.29, 1.82) is 0 Å². The summed E-state index contributed by atoms with van der Waals surface area (Å²) in [4.78, 5) is 38.7. The molecule has 0 radical (unpaired) electrons. The number of hydrogen-bond donors (Lipinski definition) is 1. The lowest BCUT2D eigenvalue weighted by atomic mass is 9.97. The number of amides is 2. The van der Waals surface area contributed by atoms with E-state index in [1.807, 2.05) is 13.0 Å². The van der Waals surface area contributed by atoms with E-state index in [0.29, 0.717) is 25.3 Å². The first-order chi connectivity index (χ1) is 12.6. The number of rotatable bonds is 4. The smallest absolute Gasteiger partial charge is 0.274 e. The number of aromatic nitrogens is 2. The molecule has 1 aromatic carbocycles. The first-order valence-electron chi connectivity index (χ1n) is 8.83. The van der Waals surface area contributed by atoms with E-state index in [4.69, 9.17) is 0 Å². The van der Waals surface area contributed by atoms with Crippen LogP contribution in [0.2, 0.25) is 0 Å². The Morgan fingerprint density at radius 3 is 2.69 bits per heavy atom. The topological polar surface area (TPSA) is 84.3 Å². The number of carbonyl (C=O) groups is 2. The molecule has 2 heterocycles. The van der Waals surface area contributed by atoms with Gasteiger partial charge in [0, 0.05) is 25.7 Å². The first-order valence-corrected chi connectivity index (χ1v) is 8.83. The van der Waals surface area contributed by atoms with Crippen molar-refractivity contribution in [1.82, 2.24) is 20.0 Å². The van der Waals surface area contributed by atoms with E-state index >= 15 is 0 Å². The molecular weight excluding hydrogens is 332 g/mol. The number of piperidine rings is 1. The van der Waals surface area contributed by atoms with Crippen LogP contribution in [0.3, 0.4) is 0 Å². The minimum Gasteiger partial charge on any atom is -0.356 e. The van der Waals surface area contributed by atoms with Crippen LogP contribution in [0.15, 0.2) is 47.3 Å². The Morgan fingerprint density at radius 2 is 1.96 bits per heavy atom. The zero-order valence-electron chi connectivity index (χ0n) is 14.7. The summed E-state index contributed by atoms with van der Waals surface area (Å²) in [7, 11) is 0. The molecule has 7 heteroatoms. The van der Waals surface area contributed by atoms with Crippen molar-refractivity contribution in [3.8, 4) is 5.69 Å². The highest BCUT2D eigenvalue weighted by atomic mass is 16.2. The third kappa shape index (κ3) is 3.82. The number of benzene rings is 1. The summed E-state index contributed by atoms with van der Waals surface area (Å²) >= 11 is 0. The van der Waals surface area contributed by atoms with Crippen LogP contribution in [0.5, 0.6) is 0 Å². The molecule has 7 nitrogen and oxygen atoms in total. The Kier molecular flexibility index (Phi) is 5.46. The van der Waals surface area contributed by atoms with E-state index in [1.165, 1.54) is 16.8 Å². The summed E-state index contributed by atoms with van der Waals surface area (Å²) in [6.07, 6.45) is 1.54. The quantitative estimate of drug-likeness (QED) is 0.895. The van der Waals surface area contributed by atoms with Crippen molar-refractivity contribution < 1.29 is 9.59 Å². The minimum absolute atomic E-state index is 0.0211. The molecule has 3 rings (SSSR count). The van der Waals surface area contributed by atoms with Gasteiger partial charge in [-0.3, -0.25) is 14.4 Å². The summed E-state index contributed by atoms with van der Waals surface area (Å²) in [5, 5.41) is 7.05. The van der Waals surface area contributed by atoms with Crippen LogP contribution in [0.4, 0.5) is 0 Å². The summed E-state index contributed by atoms with van der Waals surface area (Å²) in [6.45, 7) is 3.41. The number of hydrogen-bond acceptors (Lipinski definition) is 4. The van der Waals surface area contributed by atoms with Crippen molar-refractivity contribution in [2.45, 2.75) is 19.8 Å². The molecule has 1 aromatic heterocycles. The van der Waals surface area contributed by atoms with Crippen molar-refractivity contribution in [2.24, 2.45) is 5.92 Å². The van der Waals surface area contributed by atoms with E-state index < -0.39 is 0 Å². The summed E-state index contributed by atoms with van der Waals surface area (Å²) in [5.41, 5.74) is 0.502. The highest BCUT2D eigenvalue weighted by Gasteiger charge is 2.29. The van der Waals surface area contributed by atoms with E-state index in [1.54, 1.807) is 29.2 Å². The van der Waals surface area contributed by atoms with Gasteiger partial charge in [0.1, 0.15) is 5.69 Å². The number of para-hydroxylation sites is 1. The zero-order valence-corrected chi connectivity index (χ0v) is 14.7. The Hall–Kier alpha value is -2.96. The highest BCUT2D eigenvalue weighted by Crippen LogP contribution is 2.18. The molecule has 1 fully saturated rings. The molecule has 0 spiro atoms. The lowest BCUT2D eigenvalue weighted by Crippen LogP contribution is -2.45. The number of carbonyl (C=O) groups excluding carboxylic acids is 2. The van der Waals surface area contributed by atoms with Gasteiger partial charge < -0.3 is 10.2 Å². The van der Waals surface area contributed by atoms with E-state index in [0.717, 1.165) is 12.8 Å². The predicted molar refractivity (Wildman–Crippen MR) is 97.1 cm³/mol. The number of likely N-dealkylation sites (tertiary alicyclic amines) is 1. The van der Waals surface area contributed by atoms with Gasteiger partial charge in [0.25, 0.3) is 11.5 Å². The van der Waals surface area contributed by atoms with Gasteiger partial charge in [0.15, 0.2) is 0 Å². The molecule has 2 amide bonds. The van der Waals surface area contributed by atoms with Gasteiger partial charge >= 0.3 is 0 Å². The maximum Gasteiger partial charge on any atom is 0.274 e. The molecule has 1 aliphatic heterocycles. The lowest BCUT2D eigenvalue weighted by molar-refractivity contribution is -0.126. The molecule has 1 aliphatic rings. The molecule has 1 unspecified atom stereocenters. The van der Waals surface area contributed by atoms with E-state index in [9.17, 15) is 14.4 Å². The van der Waals surface area contributed by atoms with Crippen LogP contribution in [-0.4, -0.2) is 46.1 Å². The third-order valence-electron chi connectivity index (χ3n) is 4.45.